The first kappa shape index (κ1) is 13.0. The molecule has 1 N–H and O–H groups in total. The van der Waals surface area contributed by atoms with Gasteiger partial charge >= 0.3 is 0 Å². The third kappa shape index (κ3) is 2.26. The Labute approximate surface area is 122 Å². The second kappa shape index (κ2) is 5.57. The smallest absolute Gasteiger partial charge is 0.0640 e. The maximum absolute atomic E-state index is 6.28. The van der Waals surface area contributed by atoms with E-state index in [1.54, 1.807) is 12.4 Å². The fraction of sp³-hybridized carbons (Fsp3) is 0.125. The normalized spacial score (nSPS) is 12.5. The van der Waals surface area contributed by atoms with Crippen LogP contribution in [0.5, 0.6) is 0 Å². The van der Waals surface area contributed by atoms with E-state index in [-0.39, 0.29) is 6.04 Å². The molecule has 2 heterocycles. The Balaban J connectivity index is 2.20. The number of hydrogen-bond donors (Lipinski definition) is 1. The van der Waals surface area contributed by atoms with Gasteiger partial charge in [0.05, 0.1) is 11.1 Å². The van der Waals surface area contributed by atoms with Gasteiger partial charge in [-0.1, -0.05) is 35.9 Å². The monoisotopic (exact) mass is 283 g/mol. The summed E-state index contributed by atoms with van der Waals surface area (Å²) in [5.41, 5.74) is 2.11. The zero-order valence-electron chi connectivity index (χ0n) is 11.0. The highest BCUT2D eigenvalue weighted by atomic mass is 35.5. The lowest BCUT2D eigenvalue weighted by atomic mass is 9.96. The number of nitrogens with one attached hydrogen (secondary N) is 1. The number of hydrogen-bond acceptors (Lipinski definition) is 3. The van der Waals surface area contributed by atoms with E-state index in [1.807, 2.05) is 37.6 Å². The van der Waals surface area contributed by atoms with Crippen LogP contribution < -0.4 is 5.32 Å². The molecule has 0 aliphatic carbocycles. The summed E-state index contributed by atoms with van der Waals surface area (Å²) >= 11 is 6.28. The van der Waals surface area contributed by atoms with Crippen LogP contribution in [-0.2, 0) is 0 Å². The van der Waals surface area contributed by atoms with E-state index in [0.717, 1.165) is 16.5 Å². The number of pyridine rings is 2. The molecule has 0 spiro atoms. The number of benzene rings is 1. The molecule has 1 atom stereocenters. The summed E-state index contributed by atoms with van der Waals surface area (Å²) in [4.78, 5) is 8.38. The second-order valence-electron chi connectivity index (χ2n) is 4.57. The predicted octanol–water partition coefficient (Wildman–Crippen LogP) is 3.59. The van der Waals surface area contributed by atoms with Crippen molar-refractivity contribution in [1.82, 2.24) is 15.3 Å². The van der Waals surface area contributed by atoms with Crippen molar-refractivity contribution >= 4 is 22.4 Å². The molecule has 4 heteroatoms. The van der Waals surface area contributed by atoms with Crippen LogP contribution in [0.25, 0.3) is 10.8 Å². The number of fused-ring (bicyclic) bond motifs is 1. The van der Waals surface area contributed by atoms with Crippen LogP contribution in [0.2, 0.25) is 5.02 Å². The summed E-state index contributed by atoms with van der Waals surface area (Å²) in [6.07, 6.45) is 7.18. The number of aromatic nitrogens is 2. The summed E-state index contributed by atoms with van der Waals surface area (Å²) in [5.74, 6) is 0. The number of halogens is 1. The summed E-state index contributed by atoms with van der Waals surface area (Å²) < 4.78 is 0. The van der Waals surface area contributed by atoms with E-state index in [0.29, 0.717) is 5.02 Å². The van der Waals surface area contributed by atoms with Crippen molar-refractivity contribution in [2.45, 2.75) is 6.04 Å². The van der Waals surface area contributed by atoms with Crippen molar-refractivity contribution in [2.24, 2.45) is 0 Å². The van der Waals surface area contributed by atoms with Gasteiger partial charge in [-0.3, -0.25) is 9.97 Å². The molecular weight excluding hydrogens is 270 g/mol. The van der Waals surface area contributed by atoms with E-state index < -0.39 is 0 Å². The first-order valence-corrected chi connectivity index (χ1v) is 6.78. The lowest BCUT2D eigenvalue weighted by molar-refractivity contribution is 0.693. The highest BCUT2D eigenvalue weighted by Crippen LogP contribution is 2.31. The zero-order valence-corrected chi connectivity index (χ0v) is 11.8. The van der Waals surface area contributed by atoms with Gasteiger partial charge in [-0.25, -0.2) is 0 Å². The Kier molecular flexibility index (Phi) is 3.63. The van der Waals surface area contributed by atoms with Gasteiger partial charge in [-0.05, 0) is 29.6 Å². The minimum Gasteiger partial charge on any atom is -0.309 e. The van der Waals surface area contributed by atoms with Gasteiger partial charge in [0, 0.05) is 30.2 Å². The molecule has 0 fully saturated rings. The number of rotatable bonds is 3. The van der Waals surface area contributed by atoms with Crippen LogP contribution in [0.1, 0.15) is 17.2 Å². The van der Waals surface area contributed by atoms with Crippen molar-refractivity contribution in [3.05, 3.63) is 71.3 Å². The van der Waals surface area contributed by atoms with Crippen LogP contribution in [0, 0.1) is 0 Å². The topological polar surface area (TPSA) is 37.8 Å². The molecule has 0 aliphatic heterocycles. The van der Waals surface area contributed by atoms with Crippen LogP contribution in [0.3, 0.4) is 0 Å². The van der Waals surface area contributed by atoms with Crippen LogP contribution >= 0.6 is 11.6 Å². The fourth-order valence-electron chi connectivity index (χ4n) is 2.47. The molecule has 20 heavy (non-hydrogen) atoms. The van der Waals surface area contributed by atoms with Gasteiger partial charge in [-0.15, -0.1) is 0 Å². The molecule has 1 unspecified atom stereocenters. The maximum atomic E-state index is 6.28. The van der Waals surface area contributed by atoms with Gasteiger partial charge in [-0.2, -0.15) is 0 Å². The SMILES string of the molecule is CNC(c1ccncc1Cl)c1cncc2ccccc12. The van der Waals surface area contributed by atoms with Crippen molar-refractivity contribution < 1.29 is 0 Å². The molecule has 0 saturated carbocycles. The van der Waals surface area contributed by atoms with Crippen LogP contribution in [0.4, 0.5) is 0 Å². The minimum absolute atomic E-state index is 0.0101. The molecule has 0 radical (unpaired) electrons. The van der Waals surface area contributed by atoms with Crippen molar-refractivity contribution in [3.63, 3.8) is 0 Å². The van der Waals surface area contributed by atoms with Gasteiger partial charge in [0.1, 0.15) is 0 Å². The second-order valence-corrected chi connectivity index (χ2v) is 4.98. The van der Waals surface area contributed by atoms with E-state index in [1.165, 1.54) is 5.39 Å². The van der Waals surface area contributed by atoms with Gasteiger partial charge in [0.2, 0.25) is 0 Å². The van der Waals surface area contributed by atoms with E-state index in [4.69, 9.17) is 11.6 Å². The molecule has 3 aromatic rings. The Bertz CT molecular complexity index is 737. The first-order valence-electron chi connectivity index (χ1n) is 6.40. The van der Waals surface area contributed by atoms with Gasteiger partial charge in [0.15, 0.2) is 0 Å². The summed E-state index contributed by atoms with van der Waals surface area (Å²) in [5, 5.41) is 6.26. The van der Waals surface area contributed by atoms with Gasteiger partial charge in [0.25, 0.3) is 0 Å². The average Bonchev–Trinajstić information content (AvgIpc) is 2.50. The highest BCUT2D eigenvalue weighted by molar-refractivity contribution is 6.31. The maximum Gasteiger partial charge on any atom is 0.0640 e. The highest BCUT2D eigenvalue weighted by Gasteiger charge is 2.17. The number of nitrogens with zero attached hydrogens (tertiary/aromatic N) is 2. The molecule has 2 aromatic heterocycles. The molecule has 3 nitrogen and oxygen atoms in total. The third-order valence-electron chi connectivity index (χ3n) is 3.41. The quantitative estimate of drug-likeness (QED) is 0.798. The predicted molar refractivity (Wildman–Crippen MR) is 81.9 cm³/mol. The summed E-state index contributed by atoms with van der Waals surface area (Å²) in [6, 6.07) is 10.1. The molecular formula is C16H14ClN3. The third-order valence-corrected chi connectivity index (χ3v) is 3.73. The molecule has 0 bridgehead atoms. The lowest BCUT2D eigenvalue weighted by Gasteiger charge is -2.19. The molecule has 0 aliphatic rings. The summed E-state index contributed by atoms with van der Waals surface area (Å²) in [7, 11) is 1.92. The molecule has 3 rings (SSSR count). The largest absolute Gasteiger partial charge is 0.309 e. The summed E-state index contributed by atoms with van der Waals surface area (Å²) in [6.45, 7) is 0. The Hall–Kier alpha value is -1.97. The molecule has 1 aromatic carbocycles. The fourth-order valence-corrected chi connectivity index (χ4v) is 2.70. The van der Waals surface area contributed by atoms with Crippen LogP contribution in [-0.4, -0.2) is 17.0 Å². The Morgan fingerprint density at radius 2 is 1.85 bits per heavy atom. The van der Waals surface area contributed by atoms with E-state index in [9.17, 15) is 0 Å². The van der Waals surface area contributed by atoms with Crippen molar-refractivity contribution in [1.29, 1.82) is 0 Å². The van der Waals surface area contributed by atoms with Crippen molar-refractivity contribution in [2.75, 3.05) is 7.05 Å². The van der Waals surface area contributed by atoms with Gasteiger partial charge < -0.3 is 5.32 Å². The Morgan fingerprint density at radius 3 is 2.65 bits per heavy atom. The minimum atomic E-state index is -0.0101. The molecule has 100 valence electrons. The van der Waals surface area contributed by atoms with E-state index in [2.05, 4.69) is 27.4 Å². The first-order chi connectivity index (χ1) is 9.81. The van der Waals surface area contributed by atoms with Crippen molar-refractivity contribution in [3.8, 4) is 0 Å². The Morgan fingerprint density at radius 1 is 1.00 bits per heavy atom. The molecule has 0 amide bonds. The molecule has 0 saturated heterocycles. The zero-order chi connectivity index (χ0) is 13.9. The lowest BCUT2D eigenvalue weighted by Crippen LogP contribution is -2.18. The average molecular weight is 284 g/mol. The standard InChI is InChI=1S/C16H14ClN3/c1-18-16(13-6-7-19-10-15(13)17)14-9-20-8-11-4-2-3-5-12(11)14/h2-10,16,18H,1H3. The van der Waals surface area contributed by atoms with E-state index >= 15 is 0 Å². The van der Waals surface area contributed by atoms with Crippen LogP contribution in [0.15, 0.2) is 55.1 Å².